The molecule has 0 rings (SSSR count). The molecule has 2 heteroatoms. The minimum absolute atomic E-state index is 0.0189. The van der Waals surface area contributed by atoms with Crippen LogP contribution in [0.25, 0.3) is 0 Å². The van der Waals surface area contributed by atoms with Gasteiger partial charge in [0.25, 0.3) is 0 Å². The summed E-state index contributed by atoms with van der Waals surface area (Å²) < 4.78 is 5.10. The lowest BCUT2D eigenvalue weighted by Gasteiger charge is -2.05. The molecule has 0 bridgehead atoms. The van der Waals surface area contributed by atoms with E-state index in [0.29, 0.717) is 6.42 Å². The molecule has 1 N–H and O–H groups in total. The first-order chi connectivity index (χ1) is 5.85. The second-order valence-electron chi connectivity index (χ2n) is 2.39. The Morgan fingerprint density at radius 1 is 1.67 bits per heavy atom. The van der Waals surface area contributed by atoms with Crippen LogP contribution in [0.5, 0.6) is 0 Å². The zero-order valence-electron chi connectivity index (χ0n) is 7.55. The topological polar surface area (TPSA) is 29.5 Å². The maximum Gasteiger partial charge on any atom is 0.118 e. The second-order valence-corrected chi connectivity index (χ2v) is 2.39. The predicted octanol–water partition coefficient (Wildman–Crippen LogP) is 1.35. The molecule has 0 aliphatic rings. The third-order valence-electron chi connectivity index (χ3n) is 1.42. The van der Waals surface area contributed by atoms with E-state index in [2.05, 4.69) is 18.4 Å². The van der Waals surface area contributed by atoms with E-state index in [1.807, 2.05) is 6.08 Å². The van der Waals surface area contributed by atoms with Crippen LogP contribution < -0.4 is 0 Å². The lowest BCUT2D eigenvalue weighted by atomic mass is 10.2. The summed E-state index contributed by atoms with van der Waals surface area (Å²) >= 11 is 0. The summed E-state index contributed by atoms with van der Waals surface area (Å²) in [5.74, 6) is 5.76. The summed E-state index contributed by atoms with van der Waals surface area (Å²) in [6, 6.07) is 0. The van der Waals surface area contributed by atoms with Crippen molar-refractivity contribution in [1.29, 1.82) is 0 Å². The van der Waals surface area contributed by atoms with Crippen LogP contribution in [-0.4, -0.2) is 24.9 Å². The SMILES string of the molecule is C=CCCC(C#CCCO)OC. The first-order valence-corrected chi connectivity index (χ1v) is 4.08. The van der Waals surface area contributed by atoms with Gasteiger partial charge in [-0.15, -0.1) is 6.58 Å². The fourth-order valence-electron chi connectivity index (χ4n) is 0.760. The van der Waals surface area contributed by atoms with Gasteiger partial charge in [-0.05, 0) is 12.8 Å². The molecule has 1 unspecified atom stereocenters. The molecule has 0 spiro atoms. The molecule has 0 amide bonds. The number of rotatable bonds is 5. The molecular weight excluding hydrogens is 152 g/mol. The highest BCUT2D eigenvalue weighted by Gasteiger charge is 1.99. The largest absolute Gasteiger partial charge is 0.395 e. The fourth-order valence-corrected chi connectivity index (χ4v) is 0.760. The van der Waals surface area contributed by atoms with Gasteiger partial charge in [-0.3, -0.25) is 0 Å². The average molecular weight is 168 g/mol. The number of hydrogen-bond acceptors (Lipinski definition) is 2. The molecule has 0 saturated heterocycles. The highest BCUT2D eigenvalue weighted by Crippen LogP contribution is 1.99. The van der Waals surface area contributed by atoms with Crippen molar-refractivity contribution in [2.75, 3.05) is 13.7 Å². The lowest BCUT2D eigenvalue weighted by Crippen LogP contribution is -2.06. The van der Waals surface area contributed by atoms with Crippen LogP contribution >= 0.6 is 0 Å². The number of methoxy groups -OCH3 is 1. The van der Waals surface area contributed by atoms with Gasteiger partial charge in [0, 0.05) is 13.5 Å². The maximum atomic E-state index is 8.47. The van der Waals surface area contributed by atoms with Crippen LogP contribution in [0.3, 0.4) is 0 Å². The van der Waals surface area contributed by atoms with E-state index in [1.54, 1.807) is 7.11 Å². The Hall–Kier alpha value is -0.780. The molecule has 0 aromatic heterocycles. The van der Waals surface area contributed by atoms with Gasteiger partial charge in [-0.2, -0.15) is 0 Å². The number of hydrogen-bond donors (Lipinski definition) is 1. The van der Waals surface area contributed by atoms with Crippen molar-refractivity contribution >= 4 is 0 Å². The molecule has 2 nitrogen and oxygen atoms in total. The van der Waals surface area contributed by atoms with Gasteiger partial charge < -0.3 is 9.84 Å². The van der Waals surface area contributed by atoms with Gasteiger partial charge in [0.15, 0.2) is 0 Å². The van der Waals surface area contributed by atoms with Crippen molar-refractivity contribution < 1.29 is 9.84 Å². The fraction of sp³-hybridized carbons (Fsp3) is 0.600. The highest BCUT2D eigenvalue weighted by molar-refractivity contribution is 5.05. The van der Waals surface area contributed by atoms with E-state index in [1.165, 1.54) is 0 Å². The molecule has 68 valence electrons. The van der Waals surface area contributed by atoms with E-state index in [0.717, 1.165) is 12.8 Å². The van der Waals surface area contributed by atoms with E-state index >= 15 is 0 Å². The maximum absolute atomic E-state index is 8.47. The van der Waals surface area contributed by atoms with Crippen LogP contribution in [0.15, 0.2) is 12.7 Å². The summed E-state index contributed by atoms with van der Waals surface area (Å²) in [6.07, 6.45) is 4.13. The standard InChI is InChI=1S/C10H16O2/c1-3-4-7-10(12-2)8-5-6-9-11/h3,10-11H,1,4,6-7,9H2,2H3. The zero-order valence-corrected chi connectivity index (χ0v) is 7.55. The summed E-state index contributed by atoms with van der Waals surface area (Å²) in [5, 5.41) is 8.47. The normalized spacial score (nSPS) is 11.5. The van der Waals surface area contributed by atoms with E-state index in [4.69, 9.17) is 9.84 Å². The number of aliphatic hydroxyl groups is 1. The minimum atomic E-state index is -0.0189. The van der Waals surface area contributed by atoms with Crippen LogP contribution in [0.4, 0.5) is 0 Å². The van der Waals surface area contributed by atoms with Crippen LogP contribution in [0, 0.1) is 11.8 Å². The highest BCUT2D eigenvalue weighted by atomic mass is 16.5. The van der Waals surface area contributed by atoms with Gasteiger partial charge in [0.05, 0.1) is 6.61 Å². The Morgan fingerprint density at radius 3 is 2.92 bits per heavy atom. The minimum Gasteiger partial charge on any atom is -0.395 e. The van der Waals surface area contributed by atoms with Crippen molar-refractivity contribution in [3.63, 3.8) is 0 Å². The molecule has 0 saturated carbocycles. The molecule has 0 fully saturated rings. The Kier molecular flexibility index (Phi) is 7.78. The second kappa shape index (κ2) is 8.32. The zero-order chi connectivity index (χ0) is 9.23. The van der Waals surface area contributed by atoms with Gasteiger partial charge in [0.2, 0.25) is 0 Å². The molecule has 1 atom stereocenters. The molecule has 0 radical (unpaired) electrons. The summed E-state index contributed by atoms with van der Waals surface area (Å²) in [4.78, 5) is 0. The van der Waals surface area contributed by atoms with Gasteiger partial charge in [0.1, 0.15) is 6.10 Å². The molecule has 0 heterocycles. The van der Waals surface area contributed by atoms with E-state index in [9.17, 15) is 0 Å². The Bertz CT molecular complexity index is 164. The van der Waals surface area contributed by atoms with Crippen molar-refractivity contribution in [2.45, 2.75) is 25.4 Å². The monoisotopic (exact) mass is 168 g/mol. The van der Waals surface area contributed by atoms with Gasteiger partial charge >= 0.3 is 0 Å². The van der Waals surface area contributed by atoms with Gasteiger partial charge in [-0.1, -0.05) is 17.9 Å². The predicted molar refractivity (Wildman–Crippen MR) is 49.7 cm³/mol. The molecule has 0 aliphatic heterocycles. The Balaban J connectivity index is 3.67. The number of ether oxygens (including phenoxy) is 1. The Morgan fingerprint density at radius 2 is 2.42 bits per heavy atom. The summed E-state index contributed by atoms with van der Waals surface area (Å²) in [7, 11) is 1.64. The molecule has 0 aromatic rings. The van der Waals surface area contributed by atoms with Crippen molar-refractivity contribution in [2.24, 2.45) is 0 Å². The lowest BCUT2D eigenvalue weighted by molar-refractivity contribution is 0.142. The molecule has 12 heavy (non-hydrogen) atoms. The van der Waals surface area contributed by atoms with Crippen LogP contribution in [0.1, 0.15) is 19.3 Å². The Labute approximate surface area is 74.2 Å². The summed E-state index contributed by atoms with van der Waals surface area (Å²) in [6.45, 7) is 3.74. The smallest absolute Gasteiger partial charge is 0.118 e. The number of aliphatic hydroxyl groups excluding tert-OH is 1. The third-order valence-corrected chi connectivity index (χ3v) is 1.42. The summed E-state index contributed by atoms with van der Waals surface area (Å²) in [5.41, 5.74) is 0. The van der Waals surface area contributed by atoms with Crippen molar-refractivity contribution in [3.05, 3.63) is 12.7 Å². The molecular formula is C10H16O2. The van der Waals surface area contributed by atoms with Crippen molar-refractivity contribution in [1.82, 2.24) is 0 Å². The van der Waals surface area contributed by atoms with Gasteiger partial charge in [-0.25, -0.2) is 0 Å². The third kappa shape index (κ3) is 5.96. The number of allylic oxidation sites excluding steroid dienone is 1. The molecule has 0 aromatic carbocycles. The first-order valence-electron chi connectivity index (χ1n) is 4.08. The quantitative estimate of drug-likeness (QED) is 0.496. The molecule has 0 aliphatic carbocycles. The first kappa shape index (κ1) is 11.2. The van der Waals surface area contributed by atoms with E-state index < -0.39 is 0 Å². The van der Waals surface area contributed by atoms with Crippen molar-refractivity contribution in [3.8, 4) is 11.8 Å². The van der Waals surface area contributed by atoms with Crippen LogP contribution in [-0.2, 0) is 4.74 Å². The average Bonchev–Trinajstić information content (AvgIpc) is 2.11. The van der Waals surface area contributed by atoms with E-state index in [-0.39, 0.29) is 12.7 Å². The van der Waals surface area contributed by atoms with Crippen LogP contribution in [0.2, 0.25) is 0 Å².